The number of hydrogen-bond donors (Lipinski definition) is 3. The summed E-state index contributed by atoms with van der Waals surface area (Å²) in [6.07, 6.45) is 5.56. The number of hydroxylamine groups is 1. The number of ether oxygens (including phenoxy) is 2. The van der Waals surface area contributed by atoms with Gasteiger partial charge in [-0.25, -0.2) is 15.4 Å². The van der Waals surface area contributed by atoms with E-state index in [1.165, 1.54) is 38.2 Å². The first-order chi connectivity index (χ1) is 15.4. The van der Waals surface area contributed by atoms with E-state index >= 15 is 0 Å². The molecule has 0 saturated carbocycles. The van der Waals surface area contributed by atoms with Crippen LogP contribution in [0.15, 0.2) is 54.9 Å². The van der Waals surface area contributed by atoms with Crippen molar-refractivity contribution in [3.8, 4) is 22.9 Å². The molecule has 0 spiro atoms. The van der Waals surface area contributed by atoms with E-state index in [0.717, 1.165) is 6.08 Å². The molecule has 3 rings (SSSR count). The molecule has 0 aliphatic heterocycles. The molecule has 0 atom stereocenters. The average molecular weight is 455 g/mol. The van der Waals surface area contributed by atoms with Crippen molar-refractivity contribution < 1.29 is 24.3 Å². The summed E-state index contributed by atoms with van der Waals surface area (Å²) in [6.45, 7) is 0. The van der Waals surface area contributed by atoms with E-state index in [4.69, 9.17) is 26.3 Å². The Bertz CT molecular complexity index is 1140. The Morgan fingerprint density at radius 2 is 1.69 bits per heavy atom. The molecular weight excluding hydrogens is 436 g/mol. The fourth-order valence-corrected chi connectivity index (χ4v) is 2.89. The van der Waals surface area contributed by atoms with Gasteiger partial charge < -0.3 is 14.8 Å². The number of nitrogens with one attached hydrogen (secondary N) is 2. The standard InChI is InChI=1S/C22H19ClN4O5/c1-31-16-7-14(8-17(10-16)32-2)22(29)26-15-4-5-19(23)18(9-15)21-24-11-13(12-25-21)3-6-20(28)27-30/h3-12,30H,1-2H3,(H,26,29)(H,27,28). The molecule has 2 aromatic carbocycles. The number of nitrogens with zero attached hydrogens (tertiary/aromatic N) is 2. The number of amides is 2. The number of carbonyl (C=O) groups is 2. The van der Waals surface area contributed by atoms with Crippen molar-refractivity contribution in [2.75, 3.05) is 19.5 Å². The van der Waals surface area contributed by atoms with E-state index in [0.29, 0.717) is 44.7 Å². The van der Waals surface area contributed by atoms with Gasteiger partial charge >= 0.3 is 0 Å². The minimum absolute atomic E-state index is 0.331. The minimum Gasteiger partial charge on any atom is -0.497 e. The summed E-state index contributed by atoms with van der Waals surface area (Å²) in [5, 5.41) is 11.7. The molecular formula is C22H19ClN4O5. The zero-order valence-electron chi connectivity index (χ0n) is 17.1. The summed E-state index contributed by atoms with van der Waals surface area (Å²) >= 11 is 6.30. The molecule has 3 N–H and O–H groups in total. The Labute approximate surface area is 188 Å². The van der Waals surface area contributed by atoms with Crippen LogP contribution in [0, 0.1) is 0 Å². The largest absolute Gasteiger partial charge is 0.497 e. The van der Waals surface area contributed by atoms with Crippen molar-refractivity contribution in [1.29, 1.82) is 0 Å². The Morgan fingerprint density at radius 3 is 2.28 bits per heavy atom. The first-order valence-corrected chi connectivity index (χ1v) is 9.60. The van der Waals surface area contributed by atoms with Gasteiger partial charge in [0, 0.05) is 46.9 Å². The van der Waals surface area contributed by atoms with Gasteiger partial charge in [0.2, 0.25) is 0 Å². The van der Waals surface area contributed by atoms with E-state index in [-0.39, 0.29) is 5.91 Å². The third kappa shape index (κ3) is 5.60. The summed E-state index contributed by atoms with van der Waals surface area (Å²) in [7, 11) is 3.01. The lowest BCUT2D eigenvalue weighted by molar-refractivity contribution is -0.124. The number of hydrogen-bond acceptors (Lipinski definition) is 7. The number of halogens is 1. The number of benzene rings is 2. The SMILES string of the molecule is COc1cc(OC)cc(C(=O)Nc2ccc(Cl)c(-c3ncc(C=CC(=O)NO)cn3)c2)c1. The van der Waals surface area contributed by atoms with Crippen LogP contribution in [0.5, 0.6) is 11.5 Å². The molecule has 164 valence electrons. The second-order valence-corrected chi connectivity index (χ2v) is 6.81. The van der Waals surface area contributed by atoms with Crippen LogP contribution in [0.3, 0.4) is 0 Å². The molecule has 0 radical (unpaired) electrons. The predicted octanol–water partition coefficient (Wildman–Crippen LogP) is 3.59. The first kappa shape index (κ1) is 22.7. The summed E-state index contributed by atoms with van der Waals surface area (Å²) < 4.78 is 10.4. The molecule has 10 heteroatoms. The van der Waals surface area contributed by atoms with Crippen LogP contribution in [0.1, 0.15) is 15.9 Å². The van der Waals surface area contributed by atoms with Gasteiger partial charge in [-0.1, -0.05) is 11.6 Å². The molecule has 0 fully saturated rings. The van der Waals surface area contributed by atoms with Gasteiger partial charge in [0.1, 0.15) is 11.5 Å². The van der Waals surface area contributed by atoms with E-state index < -0.39 is 5.91 Å². The highest BCUT2D eigenvalue weighted by molar-refractivity contribution is 6.33. The Morgan fingerprint density at radius 1 is 1.03 bits per heavy atom. The molecule has 3 aromatic rings. The van der Waals surface area contributed by atoms with Crippen molar-refractivity contribution in [3.05, 3.63) is 71.0 Å². The normalized spacial score (nSPS) is 10.6. The lowest BCUT2D eigenvalue weighted by Gasteiger charge is -2.11. The fraction of sp³-hybridized carbons (Fsp3) is 0.0909. The van der Waals surface area contributed by atoms with Gasteiger partial charge in [0.15, 0.2) is 5.82 Å². The summed E-state index contributed by atoms with van der Waals surface area (Å²) in [5.41, 5.74) is 3.40. The smallest absolute Gasteiger partial charge is 0.267 e. The minimum atomic E-state index is -0.672. The molecule has 0 aliphatic rings. The van der Waals surface area contributed by atoms with Crippen molar-refractivity contribution in [3.63, 3.8) is 0 Å². The van der Waals surface area contributed by atoms with Gasteiger partial charge in [-0.05, 0) is 36.4 Å². The number of carbonyl (C=O) groups excluding carboxylic acids is 2. The molecule has 0 bridgehead atoms. The Kier molecular flexibility index (Phi) is 7.37. The molecule has 1 aromatic heterocycles. The number of anilines is 1. The van der Waals surface area contributed by atoms with Crippen LogP contribution in [0.4, 0.5) is 5.69 Å². The third-order valence-electron chi connectivity index (χ3n) is 4.29. The van der Waals surface area contributed by atoms with Crippen molar-refractivity contribution >= 4 is 35.2 Å². The highest BCUT2D eigenvalue weighted by Gasteiger charge is 2.13. The van der Waals surface area contributed by atoms with Crippen LogP contribution in [0.2, 0.25) is 5.02 Å². The lowest BCUT2D eigenvalue weighted by Crippen LogP contribution is -2.14. The maximum absolute atomic E-state index is 12.7. The maximum Gasteiger partial charge on any atom is 0.267 e. The highest BCUT2D eigenvalue weighted by Crippen LogP contribution is 2.29. The number of methoxy groups -OCH3 is 2. The van der Waals surface area contributed by atoms with Crippen LogP contribution >= 0.6 is 11.6 Å². The van der Waals surface area contributed by atoms with Crippen LogP contribution in [-0.4, -0.2) is 41.2 Å². The van der Waals surface area contributed by atoms with Gasteiger partial charge in [-0.2, -0.15) is 0 Å². The highest BCUT2D eigenvalue weighted by atomic mass is 35.5. The quantitative estimate of drug-likeness (QED) is 0.283. The Hall–Kier alpha value is -3.95. The second kappa shape index (κ2) is 10.4. The fourth-order valence-electron chi connectivity index (χ4n) is 2.69. The van der Waals surface area contributed by atoms with Crippen LogP contribution in [-0.2, 0) is 4.79 Å². The maximum atomic E-state index is 12.7. The van der Waals surface area contributed by atoms with Gasteiger partial charge in [0.05, 0.1) is 19.2 Å². The van der Waals surface area contributed by atoms with Crippen molar-refractivity contribution in [2.24, 2.45) is 0 Å². The Balaban J connectivity index is 1.82. The number of aromatic nitrogens is 2. The van der Waals surface area contributed by atoms with E-state index in [1.54, 1.807) is 36.4 Å². The van der Waals surface area contributed by atoms with Crippen molar-refractivity contribution in [2.45, 2.75) is 0 Å². The van der Waals surface area contributed by atoms with Crippen LogP contribution in [0.25, 0.3) is 17.5 Å². The molecule has 0 unspecified atom stereocenters. The second-order valence-electron chi connectivity index (χ2n) is 6.40. The predicted molar refractivity (Wildman–Crippen MR) is 119 cm³/mol. The monoisotopic (exact) mass is 454 g/mol. The summed E-state index contributed by atoms with van der Waals surface area (Å²) in [4.78, 5) is 32.3. The number of rotatable bonds is 7. The molecule has 9 nitrogen and oxygen atoms in total. The third-order valence-corrected chi connectivity index (χ3v) is 4.62. The van der Waals surface area contributed by atoms with Crippen molar-refractivity contribution in [1.82, 2.24) is 15.4 Å². The van der Waals surface area contributed by atoms with Crippen LogP contribution < -0.4 is 20.3 Å². The van der Waals surface area contributed by atoms with Gasteiger partial charge in [0.25, 0.3) is 11.8 Å². The first-order valence-electron chi connectivity index (χ1n) is 9.22. The summed E-state index contributed by atoms with van der Waals surface area (Å²) in [5.74, 6) is 0.279. The topological polar surface area (TPSA) is 123 Å². The molecule has 1 heterocycles. The average Bonchev–Trinajstić information content (AvgIpc) is 2.83. The lowest BCUT2D eigenvalue weighted by atomic mass is 10.1. The van der Waals surface area contributed by atoms with E-state index in [9.17, 15) is 9.59 Å². The molecule has 0 aliphatic carbocycles. The van der Waals surface area contributed by atoms with E-state index in [2.05, 4.69) is 15.3 Å². The molecule has 2 amide bonds. The van der Waals surface area contributed by atoms with Gasteiger partial charge in [-0.15, -0.1) is 0 Å². The zero-order chi connectivity index (χ0) is 23.1. The zero-order valence-corrected chi connectivity index (χ0v) is 17.9. The molecule has 32 heavy (non-hydrogen) atoms. The van der Waals surface area contributed by atoms with E-state index in [1.807, 2.05) is 0 Å². The van der Waals surface area contributed by atoms with Gasteiger partial charge in [-0.3, -0.25) is 14.8 Å². The summed E-state index contributed by atoms with van der Waals surface area (Å²) in [6, 6.07) is 9.81. The molecule has 0 saturated heterocycles.